The summed E-state index contributed by atoms with van der Waals surface area (Å²) in [5, 5.41) is 17.3. The van der Waals surface area contributed by atoms with E-state index in [1.54, 1.807) is 23.1 Å². The number of pyridine rings is 1. The number of rotatable bonds is 5. The highest BCUT2D eigenvalue weighted by Crippen LogP contribution is 2.30. The van der Waals surface area contributed by atoms with Crippen molar-refractivity contribution in [2.75, 3.05) is 5.32 Å². The molecule has 0 aromatic carbocycles. The fourth-order valence-corrected chi connectivity index (χ4v) is 2.77. The first-order valence-electron chi connectivity index (χ1n) is 7.62. The molecule has 0 atom stereocenters. The van der Waals surface area contributed by atoms with Crippen LogP contribution in [0.2, 0.25) is 0 Å². The van der Waals surface area contributed by atoms with E-state index in [-0.39, 0.29) is 5.91 Å². The maximum Gasteiger partial charge on any atom is 0.257 e. The fourth-order valence-electron chi connectivity index (χ4n) is 2.77. The van der Waals surface area contributed by atoms with Gasteiger partial charge in [-0.1, -0.05) is 0 Å². The summed E-state index contributed by atoms with van der Waals surface area (Å²) in [5.74, 6) is 0.143. The molecule has 0 unspecified atom stereocenters. The summed E-state index contributed by atoms with van der Waals surface area (Å²) in [4.78, 5) is 16.1. The Morgan fingerprint density at radius 1 is 1.27 bits per heavy atom. The first-order chi connectivity index (χ1) is 10.7. The molecule has 2 aromatic heterocycles. The molecular weight excluding hydrogens is 280 g/mol. The zero-order chi connectivity index (χ0) is 15.4. The van der Waals surface area contributed by atoms with E-state index < -0.39 is 5.60 Å². The van der Waals surface area contributed by atoms with E-state index in [0.29, 0.717) is 18.7 Å². The molecular formula is C16H20N4O2. The number of hydrogen-bond acceptors (Lipinski definition) is 4. The minimum atomic E-state index is -1.22. The van der Waals surface area contributed by atoms with E-state index in [0.717, 1.165) is 25.8 Å². The van der Waals surface area contributed by atoms with Gasteiger partial charge in [-0.3, -0.25) is 14.5 Å². The Labute approximate surface area is 129 Å². The third-order valence-corrected chi connectivity index (χ3v) is 4.11. The van der Waals surface area contributed by atoms with E-state index in [1.807, 2.05) is 18.3 Å². The monoisotopic (exact) mass is 300 g/mol. The average Bonchev–Trinajstić information content (AvgIpc) is 3.16. The molecule has 2 N–H and O–H groups in total. The van der Waals surface area contributed by atoms with Crippen LogP contribution in [0, 0.1) is 0 Å². The van der Waals surface area contributed by atoms with Crippen molar-refractivity contribution in [1.29, 1.82) is 0 Å². The van der Waals surface area contributed by atoms with Crippen LogP contribution >= 0.6 is 0 Å². The van der Waals surface area contributed by atoms with Crippen molar-refractivity contribution < 1.29 is 9.90 Å². The lowest BCUT2D eigenvalue weighted by Gasteiger charge is -2.19. The van der Waals surface area contributed by atoms with E-state index in [9.17, 15) is 9.90 Å². The summed E-state index contributed by atoms with van der Waals surface area (Å²) < 4.78 is 1.79. The van der Waals surface area contributed by atoms with Crippen LogP contribution in [0.1, 0.15) is 31.2 Å². The van der Waals surface area contributed by atoms with Crippen molar-refractivity contribution in [3.63, 3.8) is 0 Å². The number of anilines is 1. The zero-order valence-electron chi connectivity index (χ0n) is 12.4. The predicted octanol–water partition coefficient (Wildman–Crippen LogP) is 1.76. The predicted molar refractivity (Wildman–Crippen MR) is 82.2 cm³/mol. The minimum Gasteiger partial charge on any atom is -0.380 e. The van der Waals surface area contributed by atoms with Crippen molar-refractivity contribution in [3.05, 3.63) is 42.4 Å². The highest BCUT2D eigenvalue weighted by atomic mass is 16.3. The number of aromatic nitrogens is 3. The largest absolute Gasteiger partial charge is 0.380 e. The van der Waals surface area contributed by atoms with Gasteiger partial charge in [0.25, 0.3) is 5.91 Å². The lowest BCUT2D eigenvalue weighted by molar-refractivity contribution is -0.133. The summed E-state index contributed by atoms with van der Waals surface area (Å²) >= 11 is 0. The van der Waals surface area contributed by atoms with Gasteiger partial charge in [-0.25, -0.2) is 0 Å². The molecule has 1 amide bonds. The van der Waals surface area contributed by atoms with Crippen LogP contribution in [-0.2, 0) is 17.8 Å². The van der Waals surface area contributed by atoms with Gasteiger partial charge in [-0.2, -0.15) is 5.10 Å². The van der Waals surface area contributed by atoms with E-state index in [2.05, 4.69) is 15.4 Å². The maximum absolute atomic E-state index is 12.1. The molecule has 0 saturated heterocycles. The van der Waals surface area contributed by atoms with Gasteiger partial charge in [0.2, 0.25) is 0 Å². The second-order valence-electron chi connectivity index (χ2n) is 5.76. The topological polar surface area (TPSA) is 80.0 Å². The fraction of sp³-hybridized carbons (Fsp3) is 0.438. The molecule has 1 aliphatic rings. The lowest BCUT2D eigenvalue weighted by atomic mass is 10.0. The number of carbonyl (C=O) groups excluding carboxylic acids is 1. The second kappa shape index (κ2) is 6.27. The van der Waals surface area contributed by atoms with Gasteiger partial charge >= 0.3 is 0 Å². The van der Waals surface area contributed by atoms with Crippen molar-refractivity contribution >= 4 is 11.7 Å². The Morgan fingerprint density at radius 3 is 2.73 bits per heavy atom. The van der Waals surface area contributed by atoms with E-state index in [4.69, 9.17) is 0 Å². The molecule has 1 saturated carbocycles. The number of amides is 1. The molecule has 2 heterocycles. The summed E-state index contributed by atoms with van der Waals surface area (Å²) in [5.41, 5.74) is -0.0303. The van der Waals surface area contributed by atoms with Crippen molar-refractivity contribution in [1.82, 2.24) is 14.8 Å². The van der Waals surface area contributed by atoms with Crippen molar-refractivity contribution in [3.8, 4) is 0 Å². The molecule has 6 heteroatoms. The van der Waals surface area contributed by atoms with E-state index in [1.165, 1.54) is 5.56 Å². The molecule has 0 bridgehead atoms. The van der Waals surface area contributed by atoms with Crippen LogP contribution in [-0.4, -0.2) is 31.4 Å². The van der Waals surface area contributed by atoms with E-state index >= 15 is 0 Å². The maximum atomic E-state index is 12.1. The zero-order valence-corrected chi connectivity index (χ0v) is 12.4. The molecule has 22 heavy (non-hydrogen) atoms. The third-order valence-electron chi connectivity index (χ3n) is 4.11. The molecule has 0 aliphatic heterocycles. The van der Waals surface area contributed by atoms with Crippen LogP contribution < -0.4 is 5.32 Å². The molecule has 0 radical (unpaired) electrons. The van der Waals surface area contributed by atoms with Gasteiger partial charge in [0.1, 0.15) is 5.60 Å². The third kappa shape index (κ3) is 3.33. The van der Waals surface area contributed by atoms with Gasteiger partial charge in [0, 0.05) is 31.2 Å². The van der Waals surface area contributed by atoms with Gasteiger partial charge in [0.05, 0.1) is 0 Å². The van der Waals surface area contributed by atoms with Gasteiger partial charge in [0.15, 0.2) is 5.82 Å². The number of hydrogen-bond donors (Lipinski definition) is 2. The van der Waals surface area contributed by atoms with Gasteiger partial charge in [-0.15, -0.1) is 0 Å². The molecule has 1 fully saturated rings. The average molecular weight is 300 g/mol. The quantitative estimate of drug-likeness (QED) is 0.882. The highest BCUT2D eigenvalue weighted by Gasteiger charge is 2.39. The van der Waals surface area contributed by atoms with Crippen LogP contribution in [0.15, 0.2) is 36.8 Å². The Kier molecular flexibility index (Phi) is 4.20. The van der Waals surface area contributed by atoms with Crippen LogP contribution in [0.5, 0.6) is 0 Å². The lowest BCUT2D eigenvalue weighted by Crippen LogP contribution is -2.40. The second-order valence-corrected chi connectivity index (χ2v) is 5.76. The van der Waals surface area contributed by atoms with Gasteiger partial charge < -0.3 is 10.4 Å². The number of carbonyl (C=O) groups is 1. The first kappa shape index (κ1) is 14.7. The minimum absolute atomic E-state index is 0.343. The van der Waals surface area contributed by atoms with Gasteiger partial charge in [-0.05, 0) is 49.8 Å². The summed E-state index contributed by atoms with van der Waals surface area (Å²) in [7, 11) is 0. The molecule has 116 valence electrons. The Bertz CT molecular complexity index is 633. The molecule has 1 aliphatic carbocycles. The van der Waals surface area contributed by atoms with Crippen molar-refractivity contribution in [2.45, 2.75) is 44.2 Å². The Hall–Kier alpha value is -2.21. The molecule has 0 spiro atoms. The number of nitrogens with one attached hydrogen (secondary N) is 1. The number of nitrogens with zero attached hydrogens (tertiary/aromatic N) is 3. The summed E-state index contributed by atoms with van der Waals surface area (Å²) in [6.07, 6.45) is 9.06. The summed E-state index contributed by atoms with van der Waals surface area (Å²) in [6, 6.07) is 5.70. The van der Waals surface area contributed by atoms with Crippen LogP contribution in [0.25, 0.3) is 0 Å². The first-order valence-corrected chi connectivity index (χ1v) is 7.62. The standard InChI is InChI=1S/C16H20N4O2/c21-15(16(22)7-1-2-8-16)18-14-6-12-20(19-14)11-5-13-3-9-17-10-4-13/h3-4,6,9-10,12,22H,1-2,5,7-8,11H2,(H,18,19,21). The van der Waals surface area contributed by atoms with Crippen molar-refractivity contribution in [2.24, 2.45) is 0 Å². The Balaban J connectivity index is 1.56. The smallest absolute Gasteiger partial charge is 0.257 e. The molecule has 6 nitrogen and oxygen atoms in total. The van der Waals surface area contributed by atoms with Crippen LogP contribution in [0.4, 0.5) is 5.82 Å². The SMILES string of the molecule is O=C(Nc1ccn(CCc2ccncc2)n1)C1(O)CCCC1. The molecule has 2 aromatic rings. The summed E-state index contributed by atoms with van der Waals surface area (Å²) in [6.45, 7) is 0.726. The normalized spacial score (nSPS) is 16.6. The highest BCUT2D eigenvalue weighted by molar-refractivity contribution is 5.96. The number of aryl methyl sites for hydroxylation is 2. The molecule has 3 rings (SSSR count). The number of aliphatic hydroxyl groups is 1. The van der Waals surface area contributed by atoms with Crippen LogP contribution in [0.3, 0.4) is 0 Å². The Morgan fingerprint density at radius 2 is 2.00 bits per heavy atom.